The van der Waals surface area contributed by atoms with Crippen molar-refractivity contribution >= 4 is 17.1 Å². The number of halogens is 1. The average Bonchev–Trinajstić information content (AvgIpc) is 2.87. The zero-order valence-electron chi connectivity index (χ0n) is 9.77. The van der Waals surface area contributed by atoms with E-state index in [9.17, 15) is 9.18 Å². The Kier molecular flexibility index (Phi) is 4.61. The minimum Gasteiger partial charge on any atom is -0.373 e. The number of hydrogen-bond acceptors (Lipinski definition) is 3. The van der Waals surface area contributed by atoms with Gasteiger partial charge in [-0.1, -0.05) is 18.2 Å². The zero-order valence-corrected chi connectivity index (χ0v) is 10.6. The van der Waals surface area contributed by atoms with Crippen molar-refractivity contribution in [2.45, 2.75) is 6.42 Å². The van der Waals surface area contributed by atoms with Crippen molar-refractivity contribution in [2.24, 2.45) is 0 Å². The molecular formula is C14H13FO2S. The summed E-state index contributed by atoms with van der Waals surface area (Å²) < 4.78 is 18.2. The lowest BCUT2D eigenvalue weighted by molar-refractivity contribution is 0.0766. The van der Waals surface area contributed by atoms with Gasteiger partial charge < -0.3 is 4.74 Å². The second kappa shape index (κ2) is 6.42. The number of carbonyl (C=O) groups excluding carboxylic acids is 1. The van der Waals surface area contributed by atoms with E-state index in [1.165, 1.54) is 23.1 Å². The molecule has 0 spiro atoms. The number of hydrogen-bond donors (Lipinski definition) is 0. The predicted octanol–water partition coefficient (Wildman–Crippen LogP) is 3.33. The van der Waals surface area contributed by atoms with Crippen molar-refractivity contribution in [3.63, 3.8) is 0 Å². The van der Waals surface area contributed by atoms with Gasteiger partial charge in [-0.05, 0) is 23.6 Å². The Bertz CT molecular complexity index is 508. The number of ether oxygens (including phenoxy) is 1. The first-order valence-corrected chi connectivity index (χ1v) is 6.52. The summed E-state index contributed by atoms with van der Waals surface area (Å²) in [6.07, 6.45) is 0.800. The highest BCUT2D eigenvalue weighted by molar-refractivity contribution is 7.09. The summed E-state index contributed by atoms with van der Waals surface area (Å²) in [7, 11) is 0. The Hall–Kier alpha value is -1.52. The van der Waals surface area contributed by atoms with E-state index in [-0.39, 0.29) is 12.4 Å². The van der Waals surface area contributed by atoms with E-state index in [0.29, 0.717) is 12.2 Å². The highest BCUT2D eigenvalue weighted by Crippen LogP contribution is 2.09. The van der Waals surface area contributed by atoms with Crippen LogP contribution in [0.5, 0.6) is 0 Å². The number of thiophene rings is 1. The zero-order chi connectivity index (χ0) is 12.8. The summed E-state index contributed by atoms with van der Waals surface area (Å²) in [6, 6.07) is 9.67. The molecule has 2 rings (SSSR count). The molecule has 0 aliphatic carbocycles. The Morgan fingerprint density at radius 3 is 2.89 bits per heavy atom. The molecule has 1 aromatic carbocycles. The normalized spacial score (nSPS) is 10.5. The summed E-state index contributed by atoms with van der Waals surface area (Å²) in [5.74, 6) is -0.597. The van der Waals surface area contributed by atoms with E-state index < -0.39 is 5.82 Å². The molecule has 0 amide bonds. The highest BCUT2D eigenvalue weighted by Gasteiger charge is 2.06. The van der Waals surface area contributed by atoms with Gasteiger partial charge in [-0.15, -0.1) is 11.3 Å². The van der Waals surface area contributed by atoms with Gasteiger partial charge in [0.15, 0.2) is 5.78 Å². The first-order valence-electron chi connectivity index (χ1n) is 5.64. The second-order valence-electron chi connectivity index (χ2n) is 3.82. The van der Waals surface area contributed by atoms with Crippen molar-refractivity contribution < 1.29 is 13.9 Å². The van der Waals surface area contributed by atoms with Crippen LogP contribution in [0.2, 0.25) is 0 Å². The van der Waals surface area contributed by atoms with Crippen LogP contribution < -0.4 is 0 Å². The fraction of sp³-hybridized carbons (Fsp3) is 0.214. The third-order valence-electron chi connectivity index (χ3n) is 2.45. The lowest BCUT2D eigenvalue weighted by Gasteiger charge is -2.03. The Morgan fingerprint density at radius 2 is 2.17 bits per heavy atom. The summed E-state index contributed by atoms with van der Waals surface area (Å²) in [5, 5.41) is 2.01. The van der Waals surface area contributed by atoms with Crippen LogP contribution in [0, 0.1) is 5.82 Å². The molecule has 1 heterocycles. The Balaban J connectivity index is 1.75. The van der Waals surface area contributed by atoms with E-state index in [1.54, 1.807) is 17.4 Å². The molecule has 0 radical (unpaired) electrons. The van der Waals surface area contributed by atoms with Crippen LogP contribution in [0.4, 0.5) is 4.39 Å². The van der Waals surface area contributed by atoms with Gasteiger partial charge >= 0.3 is 0 Å². The molecule has 1 aromatic heterocycles. The fourth-order valence-corrected chi connectivity index (χ4v) is 2.23. The third kappa shape index (κ3) is 3.75. The van der Waals surface area contributed by atoms with Gasteiger partial charge in [0.2, 0.25) is 0 Å². The molecule has 0 aliphatic heterocycles. The van der Waals surface area contributed by atoms with Crippen molar-refractivity contribution in [3.8, 4) is 0 Å². The first-order chi connectivity index (χ1) is 8.75. The fourth-order valence-electron chi connectivity index (χ4n) is 1.54. The topological polar surface area (TPSA) is 26.3 Å². The molecule has 94 valence electrons. The third-order valence-corrected chi connectivity index (χ3v) is 3.39. The molecule has 4 heteroatoms. The van der Waals surface area contributed by atoms with E-state index in [1.807, 2.05) is 17.5 Å². The van der Waals surface area contributed by atoms with Crippen LogP contribution in [0.25, 0.3) is 0 Å². The van der Waals surface area contributed by atoms with Gasteiger partial charge in [0, 0.05) is 16.9 Å². The van der Waals surface area contributed by atoms with E-state index >= 15 is 0 Å². The summed E-state index contributed by atoms with van der Waals surface area (Å²) >= 11 is 1.67. The second-order valence-corrected chi connectivity index (χ2v) is 4.85. The molecule has 2 aromatic rings. The number of carbonyl (C=O) groups is 1. The maximum absolute atomic E-state index is 12.9. The van der Waals surface area contributed by atoms with Crippen LogP contribution in [-0.2, 0) is 11.2 Å². The van der Waals surface area contributed by atoms with Crippen molar-refractivity contribution in [2.75, 3.05) is 13.2 Å². The summed E-state index contributed by atoms with van der Waals surface area (Å²) in [4.78, 5) is 12.9. The minimum atomic E-state index is -0.403. The molecule has 0 saturated carbocycles. The lowest BCUT2D eigenvalue weighted by atomic mass is 10.1. The molecule has 0 fully saturated rings. The van der Waals surface area contributed by atoms with Gasteiger partial charge in [0.05, 0.1) is 6.61 Å². The molecule has 0 saturated heterocycles. The number of ketones is 1. The molecule has 0 bridgehead atoms. The van der Waals surface area contributed by atoms with Crippen molar-refractivity contribution in [1.29, 1.82) is 0 Å². The van der Waals surface area contributed by atoms with E-state index in [4.69, 9.17) is 4.74 Å². The van der Waals surface area contributed by atoms with Crippen LogP contribution >= 0.6 is 11.3 Å². The average molecular weight is 264 g/mol. The summed E-state index contributed by atoms with van der Waals surface area (Å²) in [5.41, 5.74) is 0.353. The molecule has 0 atom stereocenters. The molecule has 0 aliphatic rings. The molecule has 0 unspecified atom stereocenters. The standard InChI is InChI=1S/C14H13FO2S/c15-12-4-1-3-11(9-12)14(16)10-17-7-6-13-5-2-8-18-13/h1-5,8-9H,6-7,10H2. The predicted molar refractivity (Wildman–Crippen MR) is 69.6 cm³/mol. The van der Waals surface area contributed by atoms with Gasteiger partial charge in [-0.2, -0.15) is 0 Å². The van der Waals surface area contributed by atoms with Crippen LogP contribution in [0.3, 0.4) is 0 Å². The minimum absolute atomic E-state index is 0.00513. The molecule has 18 heavy (non-hydrogen) atoms. The van der Waals surface area contributed by atoms with Crippen molar-refractivity contribution in [1.82, 2.24) is 0 Å². The molecular weight excluding hydrogens is 251 g/mol. The van der Waals surface area contributed by atoms with Gasteiger partial charge in [-0.25, -0.2) is 4.39 Å². The quantitative estimate of drug-likeness (QED) is 0.591. The SMILES string of the molecule is O=C(COCCc1cccs1)c1cccc(F)c1. The lowest BCUT2D eigenvalue weighted by Crippen LogP contribution is -2.10. The van der Waals surface area contributed by atoms with Crippen molar-refractivity contribution in [3.05, 3.63) is 58.0 Å². The summed E-state index contributed by atoms with van der Waals surface area (Å²) in [6.45, 7) is 0.496. The largest absolute Gasteiger partial charge is 0.373 e. The van der Waals surface area contributed by atoms with Crippen LogP contribution in [-0.4, -0.2) is 19.0 Å². The Morgan fingerprint density at radius 1 is 1.28 bits per heavy atom. The monoisotopic (exact) mass is 264 g/mol. The maximum Gasteiger partial charge on any atom is 0.188 e. The van der Waals surface area contributed by atoms with Crippen LogP contribution in [0.15, 0.2) is 41.8 Å². The van der Waals surface area contributed by atoms with E-state index in [2.05, 4.69) is 0 Å². The van der Waals surface area contributed by atoms with Crippen LogP contribution in [0.1, 0.15) is 15.2 Å². The first kappa shape index (κ1) is 12.9. The highest BCUT2D eigenvalue weighted by atomic mass is 32.1. The van der Waals surface area contributed by atoms with Gasteiger partial charge in [0.1, 0.15) is 12.4 Å². The number of rotatable bonds is 6. The maximum atomic E-state index is 12.9. The smallest absolute Gasteiger partial charge is 0.188 e. The van der Waals surface area contributed by atoms with Gasteiger partial charge in [0.25, 0.3) is 0 Å². The molecule has 0 N–H and O–H groups in total. The van der Waals surface area contributed by atoms with Gasteiger partial charge in [-0.3, -0.25) is 4.79 Å². The number of benzene rings is 1. The molecule has 2 nitrogen and oxygen atoms in total. The Labute approximate surface area is 109 Å². The number of Topliss-reactive ketones (excluding diaryl/α,β-unsaturated/α-hetero) is 1. The van der Waals surface area contributed by atoms with E-state index in [0.717, 1.165) is 6.42 Å².